The van der Waals surface area contributed by atoms with E-state index in [1.165, 1.54) is 5.56 Å². The fourth-order valence-corrected chi connectivity index (χ4v) is 2.98. The number of ether oxygens (including phenoxy) is 1. The minimum atomic E-state index is 0.396. The maximum Gasteiger partial charge on any atom is 0.0595 e. The Balaban J connectivity index is 1.81. The van der Waals surface area contributed by atoms with Crippen LogP contribution in [0.15, 0.2) is 24.3 Å². The van der Waals surface area contributed by atoms with Gasteiger partial charge in [-0.1, -0.05) is 23.7 Å². The highest BCUT2D eigenvalue weighted by Crippen LogP contribution is 2.20. The third kappa shape index (κ3) is 4.45. The minimum absolute atomic E-state index is 0.396. The van der Waals surface area contributed by atoms with Crippen LogP contribution in [0.3, 0.4) is 0 Å². The maximum absolute atomic E-state index is 5.95. The second-order valence-electron chi connectivity index (χ2n) is 5.46. The van der Waals surface area contributed by atoms with Crippen LogP contribution >= 0.6 is 11.6 Å². The van der Waals surface area contributed by atoms with Gasteiger partial charge in [-0.3, -0.25) is 0 Å². The van der Waals surface area contributed by atoms with Crippen molar-refractivity contribution < 1.29 is 4.74 Å². The van der Waals surface area contributed by atoms with Gasteiger partial charge in [0.25, 0.3) is 0 Å². The van der Waals surface area contributed by atoms with Crippen LogP contribution in [-0.2, 0) is 4.74 Å². The van der Waals surface area contributed by atoms with Gasteiger partial charge in [-0.15, -0.1) is 0 Å². The van der Waals surface area contributed by atoms with E-state index in [4.69, 9.17) is 16.3 Å². The zero-order valence-corrected chi connectivity index (χ0v) is 13.2. The molecule has 1 atom stereocenters. The lowest BCUT2D eigenvalue weighted by Gasteiger charge is -2.32. The summed E-state index contributed by atoms with van der Waals surface area (Å²) >= 11 is 5.95. The third-order valence-electron chi connectivity index (χ3n) is 4.22. The molecule has 0 aromatic heterocycles. The van der Waals surface area contributed by atoms with Crippen LogP contribution in [0.5, 0.6) is 0 Å². The molecule has 0 bridgehead atoms. The molecule has 2 rings (SSSR count). The molecular weight excluding hydrogens is 272 g/mol. The fraction of sp³-hybridized carbons (Fsp3) is 0.625. The van der Waals surface area contributed by atoms with Gasteiger partial charge in [0.15, 0.2) is 0 Å². The van der Waals surface area contributed by atoms with E-state index in [2.05, 4.69) is 22.3 Å². The van der Waals surface area contributed by atoms with Gasteiger partial charge < -0.3 is 15.0 Å². The molecule has 1 heterocycles. The Kier molecular flexibility index (Phi) is 6.30. The average Bonchev–Trinajstić information content (AvgIpc) is 2.50. The molecule has 1 unspecified atom stereocenters. The Hall–Kier alpha value is -0.610. The van der Waals surface area contributed by atoms with Crippen molar-refractivity contribution in [1.82, 2.24) is 10.2 Å². The summed E-state index contributed by atoms with van der Waals surface area (Å²) in [6.45, 7) is 3.43. The first-order chi connectivity index (χ1) is 9.72. The SMILES string of the molecule is CNC(CCN1CCC(OC)CC1)c1ccc(Cl)cc1. The summed E-state index contributed by atoms with van der Waals surface area (Å²) in [6.07, 6.45) is 3.89. The smallest absolute Gasteiger partial charge is 0.0595 e. The van der Waals surface area contributed by atoms with Crippen LogP contribution in [0, 0.1) is 0 Å². The van der Waals surface area contributed by atoms with Gasteiger partial charge in [-0.25, -0.2) is 0 Å². The molecule has 0 amide bonds. The second kappa shape index (κ2) is 7.99. The van der Waals surface area contributed by atoms with Crippen molar-refractivity contribution in [2.45, 2.75) is 31.4 Å². The zero-order valence-electron chi connectivity index (χ0n) is 12.4. The van der Waals surface area contributed by atoms with Crippen molar-refractivity contribution in [3.05, 3.63) is 34.9 Å². The molecule has 0 aliphatic carbocycles. The van der Waals surface area contributed by atoms with E-state index in [-0.39, 0.29) is 0 Å². The van der Waals surface area contributed by atoms with Gasteiger partial charge in [-0.2, -0.15) is 0 Å². The molecule has 1 aliphatic rings. The first-order valence-corrected chi connectivity index (χ1v) is 7.78. The topological polar surface area (TPSA) is 24.5 Å². The number of hydrogen-bond donors (Lipinski definition) is 1. The summed E-state index contributed by atoms with van der Waals surface area (Å²) in [7, 11) is 3.84. The van der Waals surface area contributed by atoms with E-state index in [0.717, 1.165) is 43.9 Å². The lowest BCUT2D eigenvalue weighted by Crippen LogP contribution is -2.38. The Bertz CT molecular complexity index is 388. The van der Waals surface area contributed by atoms with Gasteiger partial charge in [0, 0.05) is 31.3 Å². The molecule has 1 aromatic carbocycles. The molecule has 20 heavy (non-hydrogen) atoms. The standard InChI is InChI=1S/C16H25ClN2O/c1-18-16(13-3-5-14(17)6-4-13)9-12-19-10-7-15(20-2)8-11-19/h3-6,15-16,18H,7-12H2,1-2H3. The molecule has 4 heteroatoms. The van der Waals surface area contributed by atoms with Crippen LogP contribution in [0.1, 0.15) is 30.9 Å². The van der Waals surface area contributed by atoms with E-state index in [1.807, 2.05) is 26.3 Å². The lowest BCUT2D eigenvalue weighted by atomic mass is 10.0. The van der Waals surface area contributed by atoms with E-state index in [0.29, 0.717) is 12.1 Å². The Labute approximate surface area is 127 Å². The molecule has 0 saturated carbocycles. The number of likely N-dealkylation sites (tertiary alicyclic amines) is 1. The highest BCUT2D eigenvalue weighted by Gasteiger charge is 2.19. The predicted octanol–water partition coefficient (Wildman–Crippen LogP) is 3.10. The molecule has 1 fully saturated rings. The summed E-state index contributed by atoms with van der Waals surface area (Å²) in [6, 6.07) is 8.55. The highest BCUT2D eigenvalue weighted by molar-refractivity contribution is 6.30. The van der Waals surface area contributed by atoms with Crippen molar-refractivity contribution in [3.8, 4) is 0 Å². The van der Waals surface area contributed by atoms with Gasteiger partial charge in [0.05, 0.1) is 6.10 Å². The van der Waals surface area contributed by atoms with Gasteiger partial charge in [0.1, 0.15) is 0 Å². The quantitative estimate of drug-likeness (QED) is 0.873. The monoisotopic (exact) mass is 296 g/mol. The molecule has 1 aromatic rings. The van der Waals surface area contributed by atoms with Crippen molar-refractivity contribution in [2.24, 2.45) is 0 Å². The largest absolute Gasteiger partial charge is 0.381 e. The number of nitrogens with zero attached hydrogens (tertiary/aromatic N) is 1. The Morgan fingerprint density at radius 1 is 1.30 bits per heavy atom. The molecule has 3 nitrogen and oxygen atoms in total. The average molecular weight is 297 g/mol. The van der Waals surface area contributed by atoms with E-state index in [1.54, 1.807) is 0 Å². The van der Waals surface area contributed by atoms with Crippen molar-refractivity contribution in [2.75, 3.05) is 33.8 Å². The summed E-state index contributed by atoms with van der Waals surface area (Å²) in [4.78, 5) is 2.54. The van der Waals surface area contributed by atoms with E-state index < -0.39 is 0 Å². The number of methoxy groups -OCH3 is 1. The number of halogens is 1. The first kappa shape index (κ1) is 15.8. The summed E-state index contributed by atoms with van der Waals surface area (Å²) < 4.78 is 5.42. The lowest BCUT2D eigenvalue weighted by molar-refractivity contribution is 0.0401. The van der Waals surface area contributed by atoms with Crippen molar-refractivity contribution in [3.63, 3.8) is 0 Å². The van der Waals surface area contributed by atoms with Crippen LogP contribution in [0.25, 0.3) is 0 Å². The number of rotatable bonds is 6. The normalized spacial score (nSPS) is 19.1. The van der Waals surface area contributed by atoms with Crippen LogP contribution in [0.4, 0.5) is 0 Å². The number of hydrogen-bond acceptors (Lipinski definition) is 3. The van der Waals surface area contributed by atoms with Crippen LogP contribution in [0.2, 0.25) is 5.02 Å². The highest BCUT2D eigenvalue weighted by atomic mass is 35.5. The Morgan fingerprint density at radius 2 is 1.95 bits per heavy atom. The third-order valence-corrected chi connectivity index (χ3v) is 4.47. The predicted molar refractivity (Wildman–Crippen MR) is 84.3 cm³/mol. The molecule has 112 valence electrons. The maximum atomic E-state index is 5.95. The van der Waals surface area contributed by atoms with Crippen LogP contribution < -0.4 is 5.32 Å². The molecule has 1 aliphatic heterocycles. The van der Waals surface area contributed by atoms with Gasteiger partial charge in [0.2, 0.25) is 0 Å². The molecule has 0 spiro atoms. The fourth-order valence-electron chi connectivity index (χ4n) is 2.85. The summed E-state index contributed by atoms with van der Waals surface area (Å²) in [5, 5.41) is 4.20. The Morgan fingerprint density at radius 3 is 2.50 bits per heavy atom. The number of nitrogens with one attached hydrogen (secondary N) is 1. The molecule has 1 N–H and O–H groups in total. The zero-order chi connectivity index (χ0) is 14.4. The number of piperidine rings is 1. The van der Waals surface area contributed by atoms with Gasteiger partial charge in [-0.05, 0) is 50.6 Å². The second-order valence-corrected chi connectivity index (χ2v) is 5.89. The first-order valence-electron chi connectivity index (χ1n) is 7.41. The molecular formula is C16H25ClN2O. The van der Waals surface area contributed by atoms with Crippen molar-refractivity contribution in [1.29, 1.82) is 0 Å². The van der Waals surface area contributed by atoms with Gasteiger partial charge >= 0.3 is 0 Å². The van der Waals surface area contributed by atoms with Crippen LogP contribution in [-0.4, -0.2) is 44.8 Å². The number of benzene rings is 1. The minimum Gasteiger partial charge on any atom is -0.381 e. The molecule has 0 radical (unpaired) electrons. The van der Waals surface area contributed by atoms with E-state index >= 15 is 0 Å². The van der Waals surface area contributed by atoms with Crippen molar-refractivity contribution >= 4 is 11.6 Å². The molecule has 1 saturated heterocycles. The van der Waals surface area contributed by atoms with E-state index in [9.17, 15) is 0 Å². The summed E-state index contributed by atoms with van der Waals surface area (Å²) in [5.41, 5.74) is 1.31. The summed E-state index contributed by atoms with van der Waals surface area (Å²) in [5.74, 6) is 0.